The number of nitrogens with one attached hydrogen (secondary N) is 4. The third-order valence-electron chi connectivity index (χ3n) is 11.4. The van der Waals surface area contributed by atoms with Gasteiger partial charge in [-0.05, 0) is 55.8 Å². The van der Waals surface area contributed by atoms with Crippen molar-refractivity contribution in [2.24, 2.45) is 16.7 Å². The molecule has 0 spiro atoms. The standard InChI is InChI=1S/C45H81N5O6/c1-8-10-12-14-16-18-19-21-23-25-27-37(26-24-22-20-17-15-13-11-9-2)32-56-43(54)48-38-30-44(5,6)33-45(7,31-38)34-46-42(53)50-41-47-35(3)39(40(52)49-41)28-29-55-36(4)51/h37-38H,8-34H2,1-7H3,(H,48,54)(H3,46,47,49,50,52,53). The summed E-state index contributed by atoms with van der Waals surface area (Å²) in [5.41, 5.74) is 0.141. The van der Waals surface area contributed by atoms with Crippen molar-refractivity contribution in [3.05, 3.63) is 21.6 Å². The lowest BCUT2D eigenvalue weighted by Crippen LogP contribution is -2.51. The first kappa shape index (κ1) is 49.0. The summed E-state index contributed by atoms with van der Waals surface area (Å²) in [7, 11) is 0. The molecule has 56 heavy (non-hydrogen) atoms. The SMILES string of the molecule is CCCCCCCCCCCCC(CCCCCCCCCC)COC(=O)NC1CC(C)(C)CC(C)(CNC(=O)Nc2nc(=O)c(CCOC(C)=O)c(C)[nH]2)C1. The lowest BCUT2D eigenvalue weighted by molar-refractivity contribution is -0.140. The molecule has 0 radical (unpaired) electrons. The van der Waals surface area contributed by atoms with Crippen molar-refractivity contribution in [2.75, 3.05) is 25.1 Å². The van der Waals surface area contributed by atoms with Crippen LogP contribution in [0.4, 0.5) is 15.5 Å². The second-order valence-corrected chi connectivity index (χ2v) is 18.0. The zero-order valence-corrected chi connectivity index (χ0v) is 36.6. The second kappa shape index (κ2) is 27.5. The lowest BCUT2D eigenvalue weighted by Gasteiger charge is -2.46. The minimum Gasteiger partial charge on any atom is -0.466 e. The number of carbonyl (C=O) groups is 3. The van der Waals surface area contributed by atoms with Gasteiger partial charge in [0.25, 0.3) is 5.56 Å². The van der Waals surface area contributed by atoms with Crippen molar-refractivity contribution in [3.8, 4) is 0 Å². The van der Waals surface area contributed by atoms with Gasteiger partial charge < -0.3 is 25.1 Å². The Labute approximate surface area is 339 Å². The van der Waals surface area contributed by atoms with Crippen LogP contribution in [0.15, 0.2) is 4.79 Å². The predicted molar refractivity (Wildman–Crippen MR) is 228 cm³/mol. The Morgan fingerprint density at radius 2 is 1.34 bits per heavy atom. The molecule has 1 aromatic rings. The number of alkyl carbamates (subject to hydrolysis) is 1. The summed E-state index contributed by atoms with van der Waals surface area (Å²) in [6.07, 6.45) is 28.2. The number of carbonyl (C=O) groups excluding carboxylic acids is 3. The molecule has 322 valence electrons. The van der Waals surface area contributed by atoms with Gasteiger partial charge in [-0.1, -0.05) is 150 Å². The third kappa shape index (κ3) is 22.0. The average molecular weight is 788 g/mol. The zero-order valence-electron chi connectivity index (χ0n) is 36.6. The van der Waals surface area contributed by atoms with Crippen LogP contribution in [-0.2, 0) is 20.7 Å². The Morgan fingerprint density at radius 3 is 1.86 bits per heavy atom. The number of aryl methyl sites for hydroxylation is 1. The van der Waals surface area contributed by atoms with E-state index < -0.39 is 17.6 Å². The molecule has 1 fully saturated rings. The van der Waals surface area contributed by atoms with Gasteiger partial charge in [0, 0.05) is 37.2 Å². The predicted octanol–water partition coefficient (Wildman–Crippen LogP) is 11.1. The number of hydrogen-bond donors (Lipinski definition) is 4. The number of H-pyrrole nitrogens is 1. The fraction of sp³-hybridized carbons (Fsp3) is 0.844. The number of nitrogens with zero attached hydrogens (tertiary/aromatic N) is 1. The second-order valence-electron chi connectivity index (χ2n) is 18.0. The van der Waals surface area contributed by atoms with Gasteiger partial charge in [-0.15, -0.1) is 0 Å². The normalized spacial score (nSPS) is 18.2. The summed E-state index contributed by atoms with van der Waals surface area (Å²) in [4.78, 5) is 56.8. The summed E-state index contributed by atoms with van der Waals surface area (Å²) in [5, 5.41) is 8.81. The highest BCUT2D eigenvalue weighted by Crippen LogP contribution is 2.45. The summed E-state index contributed by atoms with van der Waals surface area (Å²) < 4.78 is 10.9. The monoisotopic (exact) mass is 788 g/mol. The minimum atomic E-state index is -0.483. The van der Waals surface area contributed by atoms with Gasteiger partial charge in [0.15, 0.2) is 0 Å². The summed E-state index contributed by atoms with van der Waals surface area (Å²) in [6.45, 7) is 15.1. The van der Waals surface area contributed by atoms with Gasteiger partial charge in [0.1, 0.15) is 0 Å². The maximum absolute atomic E-state index is 13.2. The molecule has 0 saturated heterocycles. The lowest BCUT2D eigenvalue weighted by atomic mass is 9.62. The van der Waals surface area contributed by atoms with Crippen molar-refractivity contribution < 1.29 is 23.9 Å². The molecule has 11 heteroatoms. The molecule has 3 unspecified atom stereocenters. The number of anilines is 1. The molecule has 4 N–H and O–H groups in total. The Kier molecular flexibility index (Phi) is 24.1. The number of amides is 3. The van der Waals surface area contributed by atoms with Gasteiger partial charge in [-0.2, -0.15) is 4.98 Å². The molecule has 1 aromatic heterocycles. The number of aromatic amines is 1. The number of ether oxygens (including phenoxy) is 2. The Bertz CT molecular complexity index is 1330. The number of esters is 1. The van der Waals surface area contributed by atoms with Crippen LogP contribution in [0.3, 0.4) is 0 Å². The van der Waals surface area contributed by atoms with E-state index in [9.17, 15) is 19.2 Å². The summed E-state index contributed by atoms with van der Waals surface area (Å²) >= 11 is 0. The molecule has 1 saturated carbocycles. The molecule has 1 heterocycles. The van der Waals surface area contributed by atoms with Crippen LogP contribution in [0.1, 0.15) is 200 Å². The van der Waals surface area contributed by atoms with Gasteiger partial charge in [0.2, 0.25) is 5.95 Å². The quantitative estimate of drug-likeness (QED) is 0.0466. The summed E-state index contributed by atoms with van der Waals surface area (Å²) in [5.74, 6) is 0.0317. The van der Waals surface area contributed by atoms with Gasteiger partial charge in [-0.3, -0.25) is 14.9 Å². The number of urea groups is 1. The molecule has 3 atom stereocenters. The molecular formula is C45H81N5O6. The molecule has 11 nitrogen and oxygen atoms in total. The van der Waals surface area contributed by atoms with Crippen LogP contribution < -0.4 is 21.5 Å². The highest BCUT2D eigenvalue weighted by Gasteiger charge is 2.42. The summed E-state index contributed by atoms with van der Waals surface area (Å²) in [6, 6.07) is -0.548. The fourth-order valence-electron chi connectivity index (χ4n) is 8.78. The minimum absolute atomic E-state index is 0.0477. The van der Waals surface area contributed by atoms with Crippen molar-refractivity contribution in [1.29, 1.82) is 0 Å². The first-order valence-corrected chi connectivity index (χ1v) is 22.5. The number of aromatic nitrogens is 2. The number of unbranched alkanes of at least 4 members (excludes halogenated alkanes) is 16. The molecular weight excluding hydrogens is 707 g/mol. The van der Waals surface area contributed by atoms with E-state index >= 15 is 0 Å². The van der Waals surface area contributed by atoms with E-state index in [0.717, 1.165) is 25.7 Å². The molecule has 3 amide bonds. The van der Waals surface area contributed by atoms with Crippen LogP contribution >= 0.6 is 0 Å². The first-order chi connectivity index (χ1) is 26.8. The highest BCUT2D eigenvalue weighted by molar-refractivity contribution is 5.87. The zero-order chi connectivity index (χ0) is 41.2. The number of hydrogen-bond acceptors (Lipinski definition) is 7. The van der Waals surface area contributed by atoms with Crippen molar-refractivity contribution in [2.45, 2.75) is 209 Å². The van der Waals surface area contributed by atoms with E-state index in [0.29, 0.717) is 36.7 Å². The van der Waals surface area contributed by atoms with Crippen molar-refractivity contribution in [3.63, 3.8) is 0 Å². The molecule has 1 aliphatic carbocycles. The fourth-order valence-corrected chi connectivity index (χ4v) is 8.78. The van der Waals surface area contributed by atoms with E-state index in [-0.39, 0.29) is 41.9 Å². The smallest absolute Gasteiger partial charge is 0.407 e. The maximum atomic E-state index is 13.2. The molecule has 2 rings (SSSR count). The van der Waals surface area contributed by atoms with Crippen LogP contribution in [0.25, 0.3) is 0 Å². The first-order valence-electron chi connectivity index (χ1n) is 22.5. The Balaban J connectivity index is 1.86. The maximum Gasteiger partial charge on any atom is 0.407 e. The third-order valence-corrected chi connectivity index (χ3v) is 11.4. The van der Waals surface area contributed by atoms with Gasteiger partial charge in [-0.25, -0.2) is 9.59 Å². The van der Waals surface area contributed by atoms with Crippen LogP contribution in [0.2, 0.25) is 0 Å². The van der Waals surface area contributed by atoms with Crippen molar-refractivity contribution >= 4 is 24.0 Å². The van der Waals surface area contributed by atoms with E-state index in [2.05, 4.69) is 60.5 Å². The highest BCUT2D eigenvalue weighted by atomic mass is 16.5. The molecule has 1 aliphatic rings. The molecule has 0 aromatic carbocycles. The van der Waals surface area contributed by atoms with Crippen LogP contribution in [-0.4, -0.2) is 53.9 Å². The van der Waals surface area contributed by atoms with Crippen molar-refractivity contribution in [1.82, 2.24) is 20.6 Å². The van der Waals surface area contributed by atoms with Gasteiger partial charge in [0.05, 0.1) is 13.2 Å². The Morgan fingerprint density at radius 1 is 0.804 bits per heavy atom. The van der Waals surface area contributed by atoms with Crippen LogP contribution in [0, 0.1) is 23.7 Å². The topological polar surface area (TPSA) is 152 Å². The van der Waals surface area contributed by atoms with E-state index in [1.54, 1.807) is 6.92 Å². The Hall–Kier alpha value is -3.11. The number of rotatable bonds is 29. The average Bonchev–Trinajstić information content (AvgIpc) is 3.11. The van der Waals surface area contributed by atoms with Crippen LogP contribution in [0.5, 0.6) is 0 Å². The molecule has 0 bridgehead atoms. The van der Waals surface area contributed by atoms with E-state index in [1.807, 2.05) is 0 Å². The van der Waals surface area contributed by atoms with E-state index in [4.69, 9.17) is 9.47 Å². The molecule has 0 aliphatic heterocycles. The largest absolute Gasteiger partial charge is 0.466 e. The van der Waals surface area contributed by atoms with Gasteiger partial charge >= 0.3 is 18.1 Å². The van der Waals surface area contributed by atoms with E-state index in [1.165, 1.54) is 122 Å².